The molecule has 1 heterocycles. The first-order valence-corrected chi connectivity index (χ1v) is 8.34. The lowest BCUT2D eigenvalue weighted by Crippen LogP contribution is -2.19. The number of hydrogen-bond donors (Lipinski definition) is 2. The standard InChI is InChI=1S/C10H12O.C8H9BrN2O/c1-2-5-9(6-3-1)10-7-4-8-11-10;1-11-8(12)6-3-2-5(9)4-7(6)10/h1-3,5-6,10H,4,7-8H2;2-4H,10H2,1H3,(H,11,12)/t10-;/m0./s1. The van der Waals surface area contributed by atoms with E-state index in [-0.39, 0.29) is 5.91 Å². The van der Waals surface area contributed by atoms with Gasteiger partial charge in [0.1, 0.15) is 0 Å². The topological polar surface area (TPSA) is 64.4 Å². The Morgan fingerprint density at radius 3 is 2.57 bits per heavy atom. The normalized spacial score (nSPS) is 16.3. The van der Waals surface area contributed by atoms with Crippen molar-refractivity contribution in [3.05, 3.63) is 64.1 Å². The van der Waals surface area contributed by atoms with E-state index in [1.165, 1.54) is 18.4 Å². The average molecular weight is 377 g/mol. The minimum Gasteiger partial charge on any atom is -0.398 e. The van der Waals surface area contributed by atoms with Gasteiger partial charge in [0, 0.05) is 23.8 Å². The molecule has 5 heteroatoms. The van der Waals surface area contributed by atoms with Crippen LogP contribution in [0.3, 0.4) is 0 Å². The van der Waals surface area contributed by atoms with Crippen molar-refractivity contribution in [3.8, 4) is 0 Å². The van der Waals surface area contributed by atoms with Crippen LogP contribution in [0.25, 0.3) is 0 Å². The van der Waals surface area contributed by atoms with E-state index >= 15 is 0 Å². The smallest absolute Gasteiger partial charge is 0.253 e. The molecule has 1 saturated heterocycles. The number of hydrogen-bond acceptors (Lipinski definition) is 3. The number of anilines is 1. The van der Waals surface area contributed by atoms with Gasteiger partial charge in [-0.3, -0.25) is 4.79 Å². The fourth-order valence-electron chi connectivity index (χ4n) is 2.38. The highest BCUT2D eigenvalue weighted by molar-refractivity contribution is 9.10. The number of amides is 1. The van der Waals surface area contributed by atoms with Crippen molar-refractivity contribution in [2.75, 3.05) is 19.4 Å². The Morgan fingerprint density at radius 2 is 2.00 bits per heavy atom. The van der Waals surface area contributed by atoms with Crippen molar-refractivity contribution in [2.45, 2.75) is 18.9 Å². The molecular weight excluding hydrogens is 356 g/mol. The van der Waals surface area contributed by atoms with Gasteiger partial charge in [0.2, 0.25) is 0 Å². The van der Waals surface area contributed by atoms with Crippen LogP contribution in [0.4, 0.5) is 5.69 Å². The second-order valence-corrected chi connectivity index (χ2v) is 6.14. The van der Waals surface area contributed by atoms with Gasteiger partial charge >= 0.3 is 0 Å². The van der Waals surface area contributed by atoms with E-state index in [4.69, 9.17) is 10.5 Å². The Morgan fingerprint density at radius 1 is 1.26 bits per heavy atom. The highest BCUT2D eigenvalue weighted by Crippen LogP contribution is 2.27. The van der Waals surface area contributed by atoms with E-state index in [0.717, 1.165) is 11.1 Å². The number of rotatable bonds is 2. The summed E-state index contributed by atoms with van der Waals surface area (Å²) >= 11 is 3.26. The van der Waals surface area contributed by atoms with E-state index in [0.29, 0.717) is 17.4 Å². The summed E-state index contributed by atoms with van der Waals surface area (Å²) in [4.78, 5) is 11.1. The maximum Gasteiger partial charge on any atom is 0.253 e. The van der Waals surface area contributed by atoms with Gasteiger partial charge < -0.3 is 15.8 Å². The predicted molar refractivity (Wildman–Crippen MR) is 96.3 cm³/mol. The van der Waals surface area contributed by atoms with Crippen LogP contribution in [-0.2, 0) is 4.74 Å². The predicted octanol–water partition coefficient (Wildman–Crippen LogP) is 3.93. The zero-order chi connectivity index (χ0) is 16.7. The third kappa shape index (κ3) is 5.08. The third-order valence-corrected chi connectivity index (χ3v) is 4.08. The fourth-order valence-corrected chi connectivity index (χ4v) is 2.76. The van der Waals surface area contributed by atoms with Crippen molar-refractivity contribution in [3.63, 3.8) is 0 Å². The quantitative estimate of drug-likeness (QED) is 0.780. The van der Waals surface area contributed by atoms with E-state index in [1.807, 2.05) is 6.07 Å². The van der Waals surface area contributed by atoms with Crippen molar-refractivity contribution in [1.29, 1.82) is 0 Å². The number of benzene rings is 2. The lowest BCUT2D eigenvalue weighted by molar-refractivity contribution is 0.0964. The first-order valence-electron chi connectivity index (χ1n) is 7.55. The van der Waals surface area contributed by atoms with E-state index < -0.39 is 0 Å². The third-order valence-electron chi connectivity index (χ3n) is 3.59. The van der Waals surface area contributed by atoms with Crippen LogP contribution in [0.1, 0.15) is 34.9 Å². The minimum absolute atomic E-state index is 0.167. The summed E-state index contributed by atoms with van der Waals surface area (Å²) in [6.45, 7) is 0.930. The molecule has 3 N–H and O–H groups in total. The van der Waals surface area contributed by atoms with Gasteiger partial charge in [-0.1, -0.05) is 46.3 Å². The molecule has 1 aliphatic heterocycles. The van der Waals surface area contributed by atoms with Gasteiger partial charge in [0.15, 0.2) is 0 Å². The molecule has 0 spiro atoms. The van der Waals surface area contributed by atoms with Gasteiger partial charge in [-0.15, -0.1) is 0 Å². The number of ether oxygens (including phenoxy) is 1. The Hall–Kier alpha value is -1.85. The lowest BCUT2D eigenvalue weighted by atomic mass is 10.1. The van der Waals surface area contributed by atoms with Crippen LogP contribution in [-0.4, -0.2) is 19.6 Å². The Labute approximate surface area is 145 Å². The first kappa shape index (κ1) is 17.5. The summed E-state index contributed by atoms with van der Waals surface area (Å²) in [5.41, 5.74) is 7.91. The van der Waals surface area contributed by atoms with Crippen LogP contribution in [0, 0.1) is 0 Å². The van der Waals surface area contributed by atoms with Crippen molar-refractivity contribution in [2.24, 2.45) is 0 Å². The zero-order valence-electron chi connectivity index (χ0n) is 13.1. The molecule has 1 fully saturated rings. The SMILES string of the molecule is CNC(=O)c1ccc(Br)cc1N.c1ccc([C@@H]2CCCO2)cc1. The van der Waals surface area contributed by atoms with Crippen molar-refractivity contribution < 1.29 is 9.53 Å². The monoisotopic (exact) mass is 376 g/mol. The molecular formula is C18H21BrN2O2. The molecule has 0 aliphatic carbocycles. The van der Waals surface area contributed by atoms with Crippen molar-refractivity contribution in [1.82, 2.24) is 5.32 Å². The zero-order valence-corrected chi connectivity index (χ0v) is 14.7. The summed E-state index contributed by atoms with van der Waals surface area (Å²) in [5.74, 6) is -0.167. The first-order chi connectivity index (χ1) is 11.1. The molecule has 1 atom stereocenters. The molecule has 3 rings (SSSR count). The largest absolute Gasteiger partial charge is 0.398 e. The number of nitrogens with one attached hydrogen (secondary N) is 1. The Kier molecular flexibility index (Phi) is 6.62. The molecule has 1 amide bonds. The van der Waals surface area contributed by atoms with E-state index in [1.54, 1.807) is 25.2 Å². The maximum absolute atomic E-state index is 11.1. The van der Waals surface area contributed by atoms with Crippen LogP contribution >= 0.6 is 15.9 Å². The molecule has 4 nitrogen and oxygen atoms in total. The van der Waals surface area contributed by atoms with Crippen LogP contribution in [0.5, 0.6) is 0 Å². The Bertz CT molecular complexity index is 641. The highest BCUT2D eigenvalue weighted by atomic mass is 79.9. The number of nitrogens with two attached hydrogens (primary N) is 1. The molecule has 2 aromatic rings. The summed E-state index contributed by atoms with van der Waals surface area (Å²) in [6, 6.07) is 15.6. The van der Waals surface area contributed by atoms with Gasteiger partial charge in [0.25, 0.3) is 5.91 Å². The minimum atomic E-state index is -0.167. The van der Waals surface area contributed by atoms with Crippen LogP contribution in [0.15, 0.2) is 53.0 Å². The molecule has 122 valence electrons. The number of halogens is 1. The fraction of sp³-hybridized carbons (Fsp3) is 0.278. The maximum atomic E-state index is 11.1. The van der Waals surface area contributed by atoms with Crippen LogP contribution in [0.2, 0.25) is 0 Å². The van der Waals surface area contributed by atoms with Gasteiger partial charge in [-0.2, -0.15) is 0 Å². The molecule has 1 aliphatic rings. The van der Waals surface area contributed by atoms with E-state index in [2.05, 4.69) is 45.5 Å². The van der Waals surface area contributed by atoms with E-state index in [9.17, 15) is 4.79 Å². The van der Waals surface area contributed by atoms with Gasteiger partial charge in [0.05, 0.1) is 11.7 Å². The highest BCUT2D eigenvalue weighted by Gasteiger charge is 2.16. The Balaban J connectivity index is 0.000000167. The second kappa shape index (κ2) is 8.70. The molecule has 23 heavy (non-hydrogen) atoms. The molecule has 0 saturated carbocycles. The second-order valence-electron chi connectivity index (χ2n) is 5.22. The van der Waals surface area contributed by atoms with Gasteiger partial charge in [-0.05, 0) is 36.6 Å². The van der Waals surface area contributed by atoms with Crippen LogP contribution < -0.4 is 11.1 Å². The molecule has 0 bridgehead atoms. The average Bonchev–Trinajstić information content (AvgIpc) is 3.10. The number of carbonyl (C=O) groups excluding carboxylic acids is 1. The van der Waals surface area contributed by atoms with Gasteiger partial charge in [-0.25, -0.2) is 0 Å². The van der Waals surface area contributed by atoms with Crippen molar-refractivity contribution >= 4 is 27.5 Å². The molecule has 0 aromatic heterocycles. The number of carbonyl (C=O) groups is 1. The summed E-state index contributed by atoms with van der Waals surface area (Å²) < 4.78 is 6.41. The lowest BCUT2D eigenvalue weighted by Gasteiger charge is -2.07. The summed E-state index contributed by atoms with van der Waals surface area (Å²) in [6.07, 6.45) is 2.76. The number of nitrogen functional groups attached to an aromatic ring is 1. The molecule has 0 unspecified atom stereocenters. The summed E-state index contributed by atoms with van der Waals surface area (Å²) in [5, 5.41) is 2.51. The molecule has 2 aromatic carbocycles. The summed E-state index contributed by atoms with van der Waals surface area (Å²) in [7, 11) is 1.57. The molecule has 0 radical (unpaired) electrons.